The average molecular weight is 447 g/mol. The highest BCUT2D eigenvalue weighted by atomic mass is 32.2. The van der Waals surface area contributed by atoms with E-state index >= 15 is 0 Å². The third-order valence-electron chi connectivity index (χ3n) is 5.34. The second-order valence-electron chi connectivity index (χ2n) is 8.74. The van der Waals surface area contributed by atoms with Gasteiger partial charge in [0.1, 0.15) is 11.4 Å². The van der Waals surface area contributed by atoms with Gasteiger partial charge in [0.2, 0.25) is 10.0 Å². The number of hydrogen-bond donors (Lipinski definition) is 1. The first-order valence-electron chi connectivity index (χ1n) is 9.94. The van der Waals surface area contributed by atoms with Crippen LogP contribution in [0.3, 0.4) is 0 Å². The quantitative estimate of drug-likeness (QED) is 0.639. The van der Waals surface area contributed by atoms with Gasteiger partial charge < -0.3 is 4.74 Å². The van der Waals surface area contributed by atoms with Gasteiger partial charge in [-0.2, -0.15) is 0 Å². The molecule has 1 N–H and O–H groups in total. The van der Waals surface area contributed by atoms with Crippen molar-refractivity contribution >= 4 is 31.6 Å². The molecule has 0 bridgehead atoms. The number of aryl methyl sites for hydroxylation is 1. The van der Waals surface area contributed by atoms with Gasteiger partial charge in [-0.05, 0) is 64.4 Å². The molecule has 0 fully saturated rings. The highest BCUT2D eigenvalue weighted by molar-refractivity contribution is 7.89. The summed E-state index contributed by atoms with van der Waals surface area (Å²) in [5.41, 5.74) is 2.15. The molecule has 0 aliphatic carbocycles. The molecule has 1 aliphatic rings. The Morgan fingerprint density at radius 1 is 1.20 bits per heavy atom. The fraction of sp³-hybridized carbons (Fsp3) is 0.409. The van der Waals surface area contributed by atoms with Gasteiger partial charge in [-0.3, -0.25) is 9.36 Å². The summed E-state index contributed by atoms with van der Waals surface area (Å²) >= 11 is 1.07. The van der Waals surface area contributed by atoms with E-state index in [0.717, 1.165) is 28.0 Å². The van der Waals surface area contributed by atoms with E-state index in [1.165, 1.54) is 0 Å². The molecule has 30 heavy (non-hydrogen) atoms. The molecule has 0 saturated heterocycles. The molecule has 0 saturated carbocycles. The van der Waals surface area contributed by atoms with E-state index in [4.69, 9.17) is 4.74 Å². The zero-order valence-electron chi connectivity index (χ0n) is 17.7. The van der Waals surface area contributed by atoms with Gasteiger partial charge in [-0.15, -0.1) is 0 Å². The zero-order chi connectivity index (χ0) is 21.8. The number of rotatable bonds is 4. The lowest BCUT2D eigenvalue weighted by molar-refractivity contribution is 0.0701. The van der Waals surface area contributed by atoms with Gasteiger partial charge in [0, 0.05) is 18.0 Å². The number of benzene rings is 2. The molecule has 8 heteroatoms. The van der Waals surface area contributed by atoms with Crippen molar-refractivity contribution in [3.05, 3.63) is 57.2 Å². The summed E-state index contributed by atoms with van der Waals surface area (Å²) in [5, 5.41) is 0. The number of ether oxygens (including phenoxy) is 1. The average Bonchev–Trinajstić information content (AvgIpc) is 2.94. The summed E-state index contributed by atoms with van der Waals surface area (Å²) in [7, 11) is -3.79. The van der Waals surface area contributed by atoms with E-state index in [1.54, 1.807) is 22.8 Å². The van der Waals surface area contributed by atoms with Crippen LogP contribution < -0.4 is 14.3 Å². The minimum atomic E-state index is -3.79. The first-order valence-corrected chi connectivity index (χ1v) is 12.2. The summed E-state index contributed by atoms with van der Waals surface area (Å²) in [6, 6.07) is 10.3. The standard InChI is InChI=1S/C22H26N2O4S2/c1-13(2)24-18-9-7-15(11-20(18)29-21(24)25)30(26,27)23-17-12-22(4,5)28-19-10-14(3)6-8-16(17)19/h6-11,13,17,23H,12H2,1-5H3. The van der Waals surface area contributed by atoms with Gasteiger partial charge in [-0.1, -0.05) is 23.5 Å². The smallest absolute Gasteiger partial charge is 0.308 e. The van der Waals surface area contributed by atoms with E-state index in [9.17, 15) is 13.2 Å². The fourth-order valence-electron chi connectivity index (χ4n) is 3.99. The van der Waals surface area contributed by atoms with Crippen LogP contribution in [-0.2, 0) is 10.0 Å². The first-order chi connectivity index (χ1) is 14.0. The van der Waals surface area contributed by atoms with Crippen LogP contribution in [-0.4, -0.2) is 18.6 Å². The second-order valence-corrected chi connectivity index (χ2v) is 11.4. The molecule has 0 amide bonds. The summed E-state index contributed by atoms with van der Waals surface area (Å²) < 4.78 is 37.7. The lowest BCUT2D eigenvalue weighted by Gasteiger charge is -2.38. The number of nitrogens with one attached hydrogen (secondary N) is 1. The van der Waals surface area contributed by atoms with Crippen LogP contribution in [0, 0.1) is 6.92 Å². The molecule has 2 aromatic carbocycles. The Bertz CT molecular complexity index is 1290. The Morgan fingerprint density at radius 3 is 2.63 bits per heavy atom. The van der Waals surface area contributed by atoms with Crippen molar-refractivity contribution in [1.82, 2.24) is 9.29 Å². The molecular weight excluding hydrogens is 420 g/mol. The van der Waals surface area contributed by atoms with Crippen LogP contribution in [0.4, 0.5) is 0 Å². The maximum atomic E-state index is 13.2. The van der Waals surface area contributed by atoms with Crippen molar-refractivity contribution < 1.29 is 13.2 Å². The Hall–Kier alpha value is -2.16. The van der Waals surface area contributed by atoms with Crippen molar-refractivity contribution in [1.29, 1.82) is 0 Å². The Balaban J connectivity index is 1.72. The maximum absolute atomic E-state index is 13.2. The summed E-state index contributed by atoms with van der Waals surface area (Å²) in [6.07, 6.45) is 0.515. The van der Waals surface area contributed by atoms with Crippen LogP contribution in [0.1, 0.15) is 57.3 Å². The summed E-state index contributed by atoms with van der Waals surface area (Å²) in [5.74, 6) is 0.710. The van der Waals surface area contributed by atoms with Crippen molar-refractivity contribution in [2.75, 3.05) is 0 Å². The molecule has 1 aromatic heterocycles. The minimum absolute atomic E-state index is 0.0104. The highest BCUT2D eigenvalue weighted by Gasteiger charge is 2.36. The van der Waals surface area contributed by atoms with E-state index in [-0.39, 0.29) is 15.8 Å². The van der Waals surface area contributed by atoms with Gasteiger partial charge in [0.05, 0.1) is 21.2 Å². The monoisotopic (exact) mass is 446 g/mol. The van der Waals surface area contributed by atoms with Gasteiger partial charge >= 0.3 is 4.87 Å². The van der Waals surface area contributed by atoms with E-state index in [1.807, 2.05) is 52.8 Å². The summed E-state index contributed by atoms with van der Waals surface area (Å²) in [4.78, 5) is 12.4. The number of aromatic nitrogens is 1. The molecule has 0 radical (unpaired) electrons. The molecule has 2 heterocycles. The molecule has 3 aromatic rings. The number of hydrogen-bond acceptors (Lipinski definition) is 5. The number of thiazole rings is 1. The normalized spacial score (nSPS) is 18.4. The molecule has 1 atom stereocenters. The predicted octanol–water partition coefficient (Wildman–Crippen LogP) is 4.53. The third kappa shape index (κ3) is 3.79. The SMILES string of the molecule is Cc1ccc2c(c1)OC(C)(C)CC2NS(=O)(=O)c1ccc2c(c1)sc(=O)n2C(C)C. The van der Waals surface area contributed by atoms with E-state index < -0.39 is 21.7 Å². The topological polar surface area (TPSA) is 77.4 Å². The number of nitrogens with zero attached hydrogens (tertiary/aromatic N) is 1. The first kappa shape index (κ1) is 21.1. The number of sulfonamides is 1. The van der Waals surface area contributed by atoms with E-state index in [2.05, 4.69) is 4.72 Å². The van der Waals surface area contributed by atoms with Crippen molar-refractivity contribution in [3.8, 4) is 5.75 Å². The minimum Gasteiger partial charge on any atom is -0.487 e. The molecule has 6 nitrogen and oxygen atoms in total. The van der Waals surface area contributed by atoms with Crippen molar-refractivity contribution in [2.24, 2.45) is 0 Å². The van der Waals surface area contributed by atoms with Gasteiger partial charge in [0.25, 0.3) is 0 Å². The largest absolute Gasteiger partial charge is 0.487 e. The maximum Gasteiger partial charge on any atom is 0.308 e. The lowest BCUT2D eigenvalue weighted by atomic mass is 9.90. The Kier molecular flexibility index (Phi) is 5.07. The molecule has 4 rings (SSSR count). The Labute approximate surface area is 180 Å². The molecule has 0 spiro atoms. The molecule has 160 valence electrons. The zero-order valence-corrected chi connectivity index (χ0v) is 19.4. The highest BCUT2D eigenvalue weighted by Crippen LogP contribution is 2.40. The number of fused-ring (bicyclic) bond motifs is 2. The van der Waals surface area contributed by atoms with Crippen molar-refractivity contribution in [2.45, 2.75) is 63.6 Å². The van der Waals surface area contributed by atoms with Gasteiger partial charge in [0.15, 0.2) is 0 Å². The Morgan fingerprint density at radius 2 is 1.93 bits per heavy atom. The molecule has 1 aliphatic heterocycles. The van der Waals surface area contributed by atoms with E-state index in [0.29, 0.717) is 16.9 Å². The molecule has 1 unspecified atom stereocenters. The fourth-order valence-corrected chi connectivity index (χ4v) is 6.36. The van der Waals surface area contributed by atoms with Crippen LogP contribution in [0.25, 0.3) is 10.2 Å². The van der Waals surface area contributed by atoms with Crippen LogP contribution in [0.5, 0.6) is 5.75 Å². The molecular formula is C22H26N2O4S2. The van der Waals surface area contributed by atoms with Crippen molar-refractivity contribution in [3.63, 3.8) is 0 Å². The summed E-state index contributed by atoms with van der Waals surface area (Å²) in [6.45, 7) is 9.77. The lowest BCUT2D eigenvalue weighted by Crippen LogP contribution is -2.41. The van der Waals surface area contributed by atoms with Crippen LogP contribution in [0.2, 0.25) is 0 Å². The third-order valence-corrected chi connectivity index (χ3v) is 7.72. The second kappa shape index (κ2) is 7.21. The van der Waals surface area contributed by atoms with Gasteiger partial charge in [-0.25, -0.2) is 13.1 Å². The van der Waals surface area contributed by atoms with Crippen LogP contribution >= 0.6 is 11.3 Å². The van der Waals surface area contributed by atoms with Crippen LogP contribution in [0.15, 0.2) is 46.1 Å². The predicted molar refractivity (Wildman–Crippen MR) is 120 cm³/mol.